The van der Waals surface area contributed by atoms with Crippen molar-refractivity contribution >= 4 is 68.3 Å². The number of amides is 2. The molecule has 6 nitrogen and oxygen atoms in total. The van der Waals surface area contributed by atoms with Gasteiger partial charge in [-0.25, -0.2) is 0 Å². The Balaban J connectivity index is 1.58. The maximum absolute atomic E-state index is 12.4. The van der Waals surface area contributed by atoms with E-state index in [0.29, 0.717) is 21.4 Å². The second kappa shape index (κ2) is 9.37. The molecule has 2 aromatic rings. The molecule has 0 aliphatic carbocycles. The predicted octanol–water partition coefficient (Wildman–Crippen LogP) is 4.91. The molecule has 1 N–H and O–H groups in total. The summed E-state index contributed by atoms with van der Waals surface area (Å²) >= 11 is 15.6. The van der Waals surface area contributed by atoms with Crippen molar-refractivity contribution in [3.63, 3.8) is 0 Å². The van der Waals surface area contributed by atoms with Crippen LogP contribution in [-0.4, -0.2) is 30.9 Å². The van der Waals surface area contributed by atoms with Crippen LogP contribution in [0.25, 0.3) is 0 Å². The van der Waals surface area contributed by atoms with Gasteiger partial charge in [-0.15, -0.1) is 0 Å². The number of halogens is 3. The number of esters is 1. The van der Waals surface area contributed by atoms with Gasteiger partial charge in [-0.1, -0.05) is 39.1 Å². The number of carbonyl (C=O) groups is 3. The second-order valence-corrected chi connectivity index (χ2v) is 8.70. The van der Waals surface area contributed by atoms with E-state index in [9.17, 15) is 14.4 Å². The van der Waals surface area contributed by atoms with Gasteiger partial charge in [0.2, 0.25) is 5.91 Å². The summed E-state index contributed by atoms with van der Waals surface area (Å²) < 4.78 is 6.09. The molecule has 1 saturated heterocycles. The van der Waals surface area contributed by atoms with Crippen LogP contribution in [0.15, 0.2) is 34.8 Å². The lowest BCUT2D eigenvalue weighted by Gasteiger charge is -2.18. The number of anilines is 2. The molecule has 2 aromatic carbocycles. The fourth-order valence-electron chi connectivity index (χ4n) is 3.15. The van der Waals surface area contributed by atoms with Gasteiger partial charge in [0.15, 0.2) is 6.61 Å². The lowest BCUT2D eigenvalue weighted by molar-refractivity contribution is -0.151. The first-order chi connectivity index (χ1) is 14.2. The van der Waals surface area contributed by atoms with E-state index in [1.807, 2.05) is 19.9 Å². The standard InChI is InChI=1S/C21H19BrCl2N2O4/c1-11-12(2)17(6-4-15(11)22)25-19(27)10-30-21(29)13-7-20(28)26(9-13)18-8-14(23)3-5-16(18)24/h3-6,8,13H,7,9-10H2,1-2H3,(H,25,27)/t13-/m1/s1. The van der Waals surface area contributed by atoms with E-state index in [4.69, 9.17) is 27.9 Å². The monoisotopic (exact) mass is 512 g/mol. The molecule has 0 unspecified atom stereocenters. The van der Waals surface area contributed by atoms with Crippen molar-refractivity contribution in [2.24, 2.45) is 5.92 Å². The molecule has 1 aliphatic heterocycles. The summed E-state index contributed by atoms with van der Waals surface area (Å²) in [6.07, 6.45) is -0.0195. The van der Waals surface area contributed by atoms with Crippen LogP contribution in [0.4, 0.5) is 11.4 Å². The molecular formula is C21H19BrCl2N2O4. The Bertz CT molecular complexity index is 1030. The number of hydrogen-bond acceptors (Lipinski definition) is 4. The Morgan fingerprint density at radius 2 is 1.93 bits per heavy atom. The van der Waals surface area contributed by atoms with E-state index in [2.05, 4.69) is 21.2 Å². The summed E-state index contributed by atoms with van der Waals surface area (Å²) in [5.41, 5.74) is 3.02. The van der Waals surface area contributed by atoms with Crippen LogP contribution in [0.5, 0.6) is 0 Å². The highest BCUT2D eigenvalue weighted by Gasteiger charge is 2.37. The first-order valence-corrected chi connectivity index (χ1v) is 10.7. The summed E-state index contributed by atoms with van der Waals surface area (Å²) in [6, 6.07) is 8.39. The molecule has 0 spiro atoms. The van der Waals surface area contributed by atoms with Crippen LogP contribution in [-0.2, 0) is 19.1 Å². The van der Waals surface area contributed by atoms with Gasteiger partial charge in [-0.2, -0.15) is 0 Å². The minimum Gasteiger partial charge on any atom is -0.455 e. The molecule has 3 rings (SSSR count). The summed E-state index contributed by atoms with van der Waals surface area (Å²) in [5.74, 6) is -2.00. The first-order valence-electron chi connectivity index (χ1n) is 9.15. The molecule has 30 heavy (non-hydrogen) atoms. The van der Waals surface area contributed by atoms with E-state index < -0.39 is 24.4 Å². The zero-order valence-corrected chi connectivity index (χ0v) is 19.4. The van der Waals surface area contributed by atoms with Crippen LogP contribution in [0.3, 0.4) is 0 Å². The first kappa shape index (κ1) is 22.6. The molecule has 1 heterocycles. The van der Waals surface area contributed by atoms with Gasteiger partial charge in [0.05, 0.1) is 16.6 Å². The Morgan fingerprint density at radius 1 is 1.20 bits per heavy atom. The van der Waals surface area contributed by atoms with E-state index in [0.717, 1.165) is 15.6 Å². The van der Waals surface area contributed by atoms with Crippen molar-refractivity contribution in [2.45, 2.75) is 20.3 Å². The number of nitrogens with one attached hydrogen (secondary N) is 1. The summed E-state index contributed by atoms with van der Waals surface area (Å²) in [4.78, 5) is 38.4. The zero-order chi connectivity index (χ0) is 22.0. The normalized spacial score (nSPS) is 16.0. The highest BCUT2D eigenvalue weighted by molar-refractivity contribution is 9.10. The molecule has 158 valence electrons. The van der Waals surface area contributed by atoms with Crippen LogP contribution in [0, 0.1) is 19.8 Å². The molecular weight excluding hydrogens is 495 g/mol. The Morgan fingerprint density at radius 3 is 2.67 bits per heavy atom. The second-order valence-electron chi connectivity index (χ2n) is 7.00. The number of benzene rings is 2. The van der Waals surface area contributed by atoms with Crippen LogP contribution in [0.2, 0.25) is 10.0 Å². The van der Waals surface area contributed by atoms with Crippen LogP contribution < -0.4 is 10.2 Å². The van der Waals surface area contributed by atoms with Gasteiger partial charge in [0.1, 0.15) is 0 Å². The van der Waals surface area contributed by atoms with Crippen LogP contribution >= 0.6 is 39.1 Å². The van der Waals surface area contributed by atoms with Gasteiger partial charge >= 0.3 is 5.97 Å². The topological polar surface area (TPSA) is 75.7 Å². The van der Waals surface area contributed by atoms with E-state index in [1.54, 1.807) is 24.3 Å². The Hall–Kier alpha value is -2.09. The minimum absolute atomic E-state index is 0.0195. The highest BCUT2D eigenvalue weighted by Crippen LogP contribution is 2.33. The fraction of sp³-hybridized carbons (Fsp3) is 0.286. The summed E-state index contributed by atoms with van der Waals surface area (Å²) in [6.45, 7) is 3.51. The van der Waals surface area contributed by atoms with Gasteiger partial charge < -0.3 is 15.0 Å². The van der Waals surface area contributed by atoms with E-state index >= 15 is 0 Å². The number of rotatable bonds is 5. The average Bonchev–Trinajstić information content (AvgIpc) is 3.10. The van der Waals surface area contributed by atoms with Crippen LogP contribution in [0.1, 0.15) is 17.5 Å². The summed E-state index contributed by atoms with van der Waals surface area (Å²) in [7, 11) is 0. The van der Waals surface area contributed by atoms with Gasteiger partial charge in [-0.3, -0.25) is 14.4 Å². The maximum Gasteiger partial charge on any atom is 0.311 e. The smallest absolute Gasteiger partial charge is 0.311 e. The molecule has 1 fully saturated rings. The molecule has 0 radical (unpaired) electrons. The van der Waals surface area contributed by atoms with Crippen molar-refractivity contribution < 1.29 is 19.1 Å². The minimum atomic E-state index is -0.683. The lowest BCUT2D eigenvalue weighted by atomic mass is 10.1. The third-order valence-corrected chi connectivity index (χ3v) is 6.41. The van der Waals surface area contributed by atoms with Crippen molar-refractivity contribution in [1.29, 1.82) is 0 Å². The fourth-order valence-corrected chi connectivity index (χ4v) is 3.97. The highest BCUT2D eigenvalue weighted by atomic mass is 79.9. The number of ether oxygens (including phenoxy) is 1. The van der Waals surface area contributed by atoms with Gasteiger partial charge in [0.25, 0.3) is 5.91 Å². The third kappa shape index (κ3) is 4.96. The van der Waals surface area contributed by atoms with Crippen molar-refractivity contribution in [1.82, 2.24) is 0 Å². The lowest BCUT2D eigenvalue weighted by Crippen LogP contribution is -2.28. The van der Waals surface area contributed by atoms with Gasteiger partial charge in [0, 0.05) is 28.1 Å². The number of carbonyl (C=O) groups excluding carboxylic acids is 3. The zero-order valence-electron chi connectivity index (χ0n) is 16.3. The molecule has 9 heteroatoms. The molecule has 0 saturated carbocycles. The molecule has 2 amide bonds. The number of nitrogens with zero attached hydrogens (tertiary/aromatic N) is 1. The predicted molar refractivity (Wildman–Crippen MR) is 120 cm³/mol. The van der Waals surface area contributed by atoms with E-state index in [1.165, 1.54) is 4.90 Å². The molecule has 0 bridgehead atoms. The van der Waals surface area contributed by atoms with Crippen molar-refractivity contribution in [3.05, 3.63) is 56.0 Å². The Kier molecular flexibility index (Phi) is 7.06. The van der Waals surface area contributed by atoms with Crippen molar-refractivity contribution in [3.8, 4) is 0 Å². The Labute approximate surface area is 192 Å². The van der Waals surface area contributed by atoms with Crippen molar-refractivity contribution in [2.75, 3.05) is 23.4 Å². The quantitative estimate of drug-likeness (QED) is 0.576. The SMILES string of the molecule is Cc1c(Br)ccc(NC(=O)COC(=O)[C@@H]2CC(=O)N(c3cc(Cl)ccc3Cl)C2)c1C. The largest absolute Gasteiger partial charge is 0.455 e. The maximum atomic E-state index is 12.4. The molecule has 0 aromatic heterocycles. The van der Waals surface area contributed by atoms with E-state index in [-0.39, 0.29) is 18.9 Å². The summed E-state index contributed by atoms with van der Waals surface area (Å²) in [5, 5.41) is 3.53. The molecule has 1 atom stereocenters. The molecule has 1 aliphatic rings. The average molecular weight is 514 g/mol. The number of hydrogen-bond donors (Lipinski definition) is 1. The third-order valence-electron chi connectivity index (χ3n) is 5.00. The van der Waals surface area contributed by atoms with Gasteiger partial charge in [-0.05, 0) is 55.3 Å².